The molecular formula is C28H23ClN6O6S. The molecule has 0 bridgehead atoms. The number of carbonyl (C=O) groups excluding carboxylic acids is 3. The van der Waals surface area contributed by atoms with E-state index >= 15 is 0 Å². The van der Waals surface area contributed by atoms with Crippen LogP contribution < -0.4 is 15.4 Å². The van der Waals surface area contributed by atoms with Crippen LogP contribution in [0.15, 0.2) is 83.8 Å². The number of halogens is 1. The molecule has 3 amide bonds. The maximum Gasteiger partial charge on any atom is 0.340 e. The first-order valence-electron chi connectivity index (χ1n) is 12.4. The summed E-state index contributed by atoms with van der Waals surface area (Å²) in [5.74, 6) is -1.39. The molecule has 0 aliphatic heterocycles. The summed E-state index contributed by atoms with van der Waals surface area (Å²) in [6.45, 7) is 1.80. The molecule has 0 saturated carbocycles. The number of para-hydroxylation sites is 2. The van der Waals surface area contributed by atoms with Gasteiger partial charge in [0.2, 0.25) is 5.91 Å². The Morgan fingerprint density at radius 3 is 2.31 bits per heavy atom. The Hall–Kier alpha value is -5.19. The van der Waals surface area contributed by atoms with E-state index in [1.165, 1.54) is 41.1 Å². The number of anilines is 2. The van der Waals surface area contributed by atoms with Crippen molar-refractivity contribution in [3.63, 3.8) is 0 Å². The number of hydrogen-bond acceptors (Lipinski definition) is 8. The predicted octanol–water partition coefficient (Wildman–Crippen LogP) is 4.27. The zero-order valence-corrected chi connectivity index (χ0v) is 23.6. The quantitative estimate of drug-likeness (QED) is 0.237. The van der Waals surface area contributed by atoms with Crippen molar-refractivity contribution in [3.8, 4) is 11.8 Å². The second-order valence-corrected chi connectivity index (χ2v) is 10.7. The second kappa shape index (κ2) is 13.0. The Bertz CT molecular complexity index is 1780. The monoisotopic (exact) mass is 606 g/mol. The number of ether oxygens (including phenoxy) is 1. The number of carbonyl (C=O) groups is 3. The summed E-state index contributed by atoms with van der Waals surface area (Å²) >= 11 is 5.82. The molecule has 0 fully saturated rings. The van der Waals surface area contributed by atoms with E-state index in [-0.39, 0.29) is 39.8 Å². The molecule has 12 nitrogen and oxygen atoms in total. The van der Waals surface area contributed by atoms with Gasteiger partial charge in [0, 0.05) is 5.02 Å². The van der Waals surface area contributed by atoms with E-state index in [0.717, 1.165) is 0 Å². The summed E-state index contributed by atoms with van der Waals surface area (Å²) < 4.78 is 33.5. The van der Waals surface area contributed by atoms with Gasteiger partial charge in [-0.1, -0.05) is 41.9 Å². The average molecular weight is 607 g/mol. The van der Waals surface area contributed by atoms with Crippen LogP contribution in [0.4, 0.5) is 16.3 Å². The summed E-state index contributed by atoms with van der Waals surface area (Å²) in [6, 6.07) is 20.6. The number of nitrogens with one attached hydrogen (secondary N) is 3. The van der Waals surface area contributed by atoms with Crippen LogP contribution in [0.2, 0.25) is 5.02 Å². The molecule has 4 rings (SSSR count). The minimum Gasteiger partial charge on any atom is -0.462 e. The Labute approximate surface area is 245 Å². The molecule has 3 N–H and O–H groups in total. The zero-order chi connectivity index (χ0) is 30.3. The fourth-order valence-electron chi connectivity index (χ4n) is 3.83. The van der Waals surface area contributed by atoms with Crippen LogP contribution in [0, 0.1) is 11.3 Å². The van der Waals surface area contributed by atoms with Gasteiger partial charge in [0.1, 0.15) is 11.6 Å². The molecule has 42 heavy (non-hydrogen) atoms. The van der Waals surface area contributed by atoms with Gasteiger partial charge in [-0.05, 0) is 55.5 Å². The van der Waals surface area contributed by atoms with Gasteiger partial charge < -0.3 is 10.1 Å². The highest BCUT2D eigenvalue weighted by Gasteiger charge is 2.25. The largest absolute Gasteiger partial charge is 0.462 e. The molecule has 14 heteroatoms. The molecule has 1 aromatic heterocycles. The van der Waals surface area contributed by atoms with E-state index in [4.69, 9.17) is 16.3 Å². The highest BCUT2D eigenvalue weighted by molar-refractivity contribution is 7.90. The summed E-state index contributed by atoms with van der Waals surface area (Å²) in [6.07, 6.45) is -0.417. The van der Waals surface area contributed by atoms with Crippen LogP contribution in [-0.4, -0.2) is 42.7 Å². The number of rotatable bonds is 9. The van der Waals surface area contributed by atoms with Crippen molar-refractivity contribution >= 4 is 51.0 Å². The van der Waals surface area contributed by atoms with E-state index in [0.29, 0.717) is 10.7 Å². The molecule has 0 radical (unpaired) electrons. The molecule has 0 atom stereocenters. The van der Waals surface area contributed by atoms with Gasteiger partial charge in [-0.25, -0.2) is 27.4 Å². The fourth-order valence-corrected chi connectivity index (χ4v) is 4.86. The molecule has 0 unspecified atom stereocenters. The molecule has 3 aromatic carbocycles. The highest BCUT2D eigenvalue weighted by Crippen LogP contribution is 2.25. The topological polar surface area (TPSA) is 172 Å². The normalized spacial score (nSPS) is 10.8. The van der Waals surface area contributed by atoms with Crippen molar-refractivity contribution in [1.82, 2.24) is 14.5 Å². The van der Waals surface area contributed by atoms with Gasteiger partial charge in [0.15, 0.2) is 5.82 Å². The van der Waals surface area contributed by atoms with Crippen molar-refractivity contribution < 1.29 is 27.5 Å². The minimum absolute atomic E-state index is 0.0108. The number of nitriles is 1. The van der Waals surface area contributed by atoms with Crippen molar-refractivity contribution in [1.29, 1.82) is 5.26 Å². The maximum atomic E-state index is 13.0. The van der Waals surface area contributed by atoms with Crippen LogP contribution in [0.1, 0.15) is 28.5 Å². The number of esters is 1. The minimum atomic E-state index is -4.29. The predicted molar refractivity (Wildman–Crippen MR) is 154 cm³/mol. The van der Waals surface area contributed by atoms with Crippen molar-refractivity contribution in [2.45, 2.75) is 18.2 Å². The van der Waals surface area contributed by atoms with Crippen LogP contribution in [0.25, 0.3) is 5.69 Å². The van der Waals surface area contributed by atoms with Gasteiger partial charge in [-0.2, -0.15) is 10.4 Å². The number of nitrogens with zero attached hydrogens (tertiary/aromatic N) is 3. The van der Waals surface area contributed by atoms with Crippen LogP contribution >= 0.6 is 11.6 Å². The van der Waals surface area contributed by atoms with Crippen LogP contribution in [0.5, 0.6) is 0 Å². The third-order valence-corrected chi connectivity index (χ3v) is 7.28. The number of sulfonamides is 1. The lowest BCUT2D eigenvalue weighted by Gasteiger charge is -2.11. The Morgan fingerprint density at radius 2 is 1.64 bits per heavy atom. The lowest BCUT2D eigenvalue weighted by atomic mass is 10.1. The van der Waals surface area contributed by atoms with E-state index in [9.17, 15) is 28.1 Å². The van der Waals surface area contributed by atoms with Crippen molar-refractivity contribution in [3.05, 3.63) is 101 Å². The fraction of sp³-hybridized carbons (Fsp3) is 0.107. The Morgan fingerprint density at radius 1 is 0.976 bits per heavy atom. The molecule has 0 saturated heterocycles. The van der Waals surface area contributed by atoms with E-state index in [1.807, 2.05) is 10.8 Å². The summed E-state index contributed by atoms with van der Waals surface area (Å²) in [5, 5.41) is 19.7. The molecule has 214 valence electrons. The lowest BCUT2D eigenvalue weighted by molar-refractivity contribution is -0.115. The van der Waals surface area contributed by atoms with Gasteiger partial charge in [0.05, 0.1) is 40.6 Å². The lowest BCUT2D eigenvalue weighted by Crippen LogP contribution is -2.35. The second-order valence-electron chi connectivity index (χ2n) is 8.53. The average Bonchev–Trinajstić information content (AvgIpc) is 3.29. The highest BCUT2D eigenvalue weighted by atomic mass is 35.5. The van der Waals surface area contributed by atoms with Gasteiger partial charge >= 0.3 is 12.0 Å². The number of hydrogen-bond donors (Lipinski definition) is 3. The molecule has 4 aromatic rings. The summed E-state index contributed by atoms with van der Waals surface area (Å²) in [7, 11) is -4.29. The van der Waals surface area contributed by atoms with Crippen molar-refractivity contribution in [2.24, 2.45) is 0 Å². The standard InChI is InChI=1S/C28H23ClN6O6S/c1-2-41-27(37)21-10-6-7-11-23(21)31-25(36)16-24-22(17-30)26(35(33-24)19-8-4-3-5-9-19)32-28(38)34-42(39,40)20-14-12-18(29)13-15-20/h3-15H,2,16H2,1H3,(H,31,36)(H2,32,34,38). The summed E-state index contributed by atoms with van der Waals surface area (Å²) in [5.41, 5.74) is 0.579. The molecule has 0 aliphatic carbocycles. The third-order valence-electron chi connectivity index (χ3n) is 5.68. The molecular weight excluding hydrogens is 584 g/mol. The first kappa shape index (κ1) is 29.8. The zero-order valence-electron chi connectivity index (χ0n) is 22.0. The SMILES string of the molecule is CCOC(=O)c1ccccc1NC(=O)Cc1nn(-c2ccccc2)c(NC(=O)NS(=O)(=O)c2ccc(Cl)cc2)c1C#N. The van der Waals surface area contributed by atoms with Gasteiger partial charge in [-0.15, -0.1) is 0 Å². The number of urea groups is 1. The molecule has 0 spiro atoms. The van der Waals surface area contributed by atoms with E-state index < -0.39 is 34.4 Å². The van der Waals surface area contributed by atoms with Gasteiger partial charge in [-0.3, -0.25) is 10.1 Å². The maximum absolute atomic E-state index is 13.0. The third kappa shape index (κ3) is 6.92. The van der Waals surface area contributed by atoms with Crippen LogP contribution in [0.3, 0.4) is 0 Å². The number of benzene rings is 3. The number of aromatic nitrogens is 2. The van der Waals surface area contributed by atoms with E-state index in [1.54, 1.807) is 49.4 Å². The smallest absolute Gasteiger partial charge is 0.340 e. The van der Waals surface area contributed by atoms with E-state index in [2.05, 4.69) is 15.7 Å². The van der Waals surface area contributed by atoms with Gasteiger partial charge in [0.25, 0.3) is 10.0 Å². The molecule has 0 aliphatic rings. The number of amides is 3. The first-order valence-corrected chi connectivity index (χ1v) is 14.2. The Balaban J connectivity index is 1.63. The Kier molecular flexibility index (Phi) is 9.21. The van der Waals surface area contributed by atoms with Crippen LogP contribution in [-0.2, 0) is 26.0 Å². The first-order chi connectivity index (χ1) is 20.1. The molecule has 1 heterocycles. The van der Waals surface area contributed by atoms with Crippen molar-refractivity contribution in [2.75, 3.05) is 17.2 Å². The summed E-state index contributed by atoms with van der Waals surface area (Å²) in [4.78, 5) is 37.9.